The minimum atomic E-state index is 0.134. The van der Waals surface area contributed by atoms with Crippen molar-refractivity contribution < 1.29 is 9.90 Å². The van der Waals surface area contributed by atoms with Gasteiger partial charge in [-0.15, -0.1) is 11.8 Å². The van der Waals surface area contributed by atoms with Gasteiger partial charge < -0.3 is 10.0 Å². The summed E-state index contributed by atoms with van der Waals surface area (Å²) in [6, 6.07) is 12.7. The van der Waals surface area contributed by atoms with Gasteiger partial charge in [-0.2, -0.15) is 0 Å². The number of rotatable bonds is 7. The normalized spacial score (nSPS) is 20.2. The zero-order valence-electron chi connectivity index (χ0n) is 23.0. The van der Waals surface area contributed by atoms with E-state index in [0.29, 0.717) is 21.4 Å². The molecule has 0 atom stereocenters. The van der Waals surface area contributed by atoms with Crippen LogP contribution in [-0.4, -0.2) is 51.5 Å². The van der Waals surface area contributed by atoms with Crippen LogP contribution in [0.15, 0.2) is 81.4 Å². The maximum atomic E-state index is 13.5. The monoisotopic (exact) mass is 580 g/mol. The highest BCUT2D eigenvalue weighted by atomic mass is 35.5. The van der Waals surface area contributed by atoms with Crippen LogP contribution < -0.4 is 0 Å². The Morgan fingerprint density at radius 2 is 1.59 bits per heavy atom. The second-order valence-corrected chi connectivity index (χ2v) is 14.4. The van der Waals surface area contributed by atoms with E-state index in [4.69, 9.17) is 11.6 Å². The maximum absolute atomic E-state index is 13.5. The van der Waals surface area contributed by atoms with E-state index in [9.17, 15) is 9.90 Å². The molecule has 2 aromatic rings. The van der Waals surface area contributed by atoms with Crippen molar-refractivity contribution in [3.05, 3.63) is 82.7 Å². The van der Waals surface area contributed by atoms with Crippen LogP contribution in [0.2, 0.25) is 0 Å². The van der Waals surface area contributed by atoms with Gasteiger partial charge in [0.05, 0.1) is 10.7 Å². The number of ketones is 1. The summed E-state index contributed by atoms with van der Waals surface area (Å²) >= 11 is 9.83. The molecule has 1 N–H and O–H groups in total. The van der Waals surface area contributed by atoms with Gasteiger partial charge in [0.2, 0.25) is 0 Å². The van der Waals surface area contributed by atoms with Crippen molar-refractivity contribution in [1.29, 1.82) is 0 Å². The number of aliphatic hydroxyl groups is 1. The molecular weight excluding hydrogens is 544 g/mol. The fraction of sp³-hybridized carbons (Fsp3) is 0.406. The number of allylic oxidation sites excluding steroid dienone is 3. The zero-order valence-corrected chi connectivity index (χ0v) is 25.4. The van der Waals surface area contributed by atoms with E-state index in [2.05, 4.69) is 66.0 Å². The molecule has 3 aliphatic rings. The number of thioether (sulfide) groups is 1. The molecule has 4 nitrogen and oxygen atoms in total. The third kappa shape index (κ3) is 6.30. The van der Waals surface area contributed by atoms with Gasteiger partial charge >= 0.3 is 0 Å². The summed E-state index contributed by atoms with van der Waals surface area (Å²) in [5.74, 6) is 0.272. The summed E-state index contributed by atoms with van der Waals surface area (Å²) in [7, 11) is 0. The molecule has 1 aliphatic heterocycles. The van der Waals surface area contributed by atoms with E-state index < -0.39 is 0 Å². The first kappa shape index (κ1) is 28.4. The second-order valence-electron chi connectivity index (χ2n) is 11.4. The number of carbonyl (C=O) groups excluding carboxylic acids is 1. The molecule has 1 saturated carbocycles. The molecular formula is C32H37ClN2O2S2. The maximum Gasteiger partial charge on any atom is 0.194 e. The average molecular weight is 581 g/mol. The van der Waals surface area contributed by atoms with Crippen LogP contribution in [-0.2, 0) is 0 Å². The third-order valence-electron chi connectivity index (χ3n) is 7.96. The number of halogens is 1. The number of nitrogens with zero attached hydrogens (tertiary/aromatic N) is 2. The van der Waals surface area contributed by atoms with Gasteiger partial charge in [-0.1, -0.05) is 50.2 Å². The van der Waals surface area contributed by atoms with Crippen molar-refractivity contribution in [1.82, 2.24) is 9.21 Å². The van der Waals surface area contributed by atoms with Crippen LogP contribution in [0.25, 0.3) is 11.1 Å². The van der Waals surface area contributed by atoms with E-state index in [0.717, 1.165) is 53.3 Å². The quantitative estimate of drug-likeness (QED) is 0.171. The number of fused-ring (bicyclic) bond motifs is 3. The molecule has 2 aromatic carbocycles. The zero-order chi connectivity index (χ0) is 27.7. The van der Waals surface area contributed by atoms with Crippen molar-refractivity contribution in [2.45, 2.75) is 61.5 Å². The standard InChI is InChI=1S/C32H37ClN2O2S2/c1-5-6-29(36)30(21(2)33)34-15-17-35(18-16-34)39-24-8-10-26-25-9-7-23(19-27(25)31(37)28(26)20-24)38-22-11-13-32(3,4)14-12-22/h5-10,19-20,22,36H,2,11-18H2,1,3-4H3/b6-5-,30-29-. The predicted octanol–water partition coefficient (Wildman–Crippen LogP) is 8.68. The molecule has 0 amide bonds. The highest BCUT2D eigenvalue weighted by Gasteiger charge is 2.30. The lowest BCUT2D eigenvalue weighted by molar-refractivity contribution is 0.104. The molecule has 0 radical (unpaired) electrons. The highest BCUT2D eigenvalue weighted by molar-refractivity contribution is 8.00. The van der Waals surface area contributed by atoms with Gasteiger partial charge in [0, 0.05) is 52.3 Å². The Bertz CT molecular complexity index is 1330. The minimum absolute atomic E-state index is 0.134. The molecule has 5 rings (SSSR count). The number of benzene rings is 2. The molecule has 1 heterocycles. The second kappa shape index (κ2) is 11.8. The van der Waals surface area contributed by atoms with Crippen molar-refractivity contribution in [2.24, 2.45) is 5.41 Å². The Morgan fingerprint density at radius 3 is 2.18 bits per heavy atom. The van der Waals surface area contributed by atoms with Gasteiger partial charge in [-0.05, 0) is 91.4 Å². The molecule has 0 spiro atoms. The average Bonchev–Trinajstić information content (AvgIpc) is 3.17. The summed E-state index contributed by atoms with van der Waals surface area (Å²) in [5.41, 5.74) is 4.78. The molecule has 2 fully saturated rings. The smallest absolute Gasteiger partial charge is 0.194 e. The number of hydrogen-bond donors (Lipinski definition) is 1. The SMILES string of the molecule is C=C(Cl)/C(=C(O)\C=C/C)N1CCN(Sc2ccc3c(c2)C(=O)c2cc(SC4CCC(C)(C)CC4)ccc2-3)CC1. The number of piperazine rings is 1. The van der Waals surface area contributed by atoms with Gasteiger partial charge in [0.15, 0.2) is 5.78 Å². The van der Waals surface area contributed by atoms with E-state index in [1.165, 1.54) is 30.6 Å². The third-order valence-corrected chi connectivity index (χ3v) is 10.6. The molecule has 2 aliphatic carbocycles. The van der Waals surface area contributed by atoms with Crippen LogP contribution >= 0.6 is 35.3 Å². The van der Waals surface area contributed by atoms with Crippen LogP contribution in [0.5, 0.6) is 0 Å². The van der Waals surface area contributed by atoms with Gasteiger partial charge in [-0.25, -0.2) is 4.31 Å². The Kier molecular flexibility index (Phi) is 8.58. The van der Waals surface area contributed by atoms with Crippen molar-refractivity contribution in [2.75, 3.05) is 26.2 Å². The van der Waals surface area contributed by atoms with Crippen molar-refractivity contribution in [3.63, 3.8) is 0 Å². The first-order valence-electron chi connectivity index (χ1n) is 13.7. The first-order chi connectivity index (χ1) is 18.6. The molecule has 0 unspecified atom stereocenters. The molecule has 7 heteroatoms. The Balaban J connectivity index is 1.23. The van der Waals surface area contributed by atoms with Crippen molar-refractivity contribution >= 4 is 41.1 Å². The predicted molar refractivity (Wildman–Crippen MR) is 166 cm³/mol. The molecule has 0 aromatic heterocycles. The summed E-state index contributed by atoms with van der Waals surface area (Å²) in [4.78, 5) is 17.8. The lowest BCUT2D eigenvalue weighted by atomic mass is 9.77. The molecule has 206 valence electrons. The minimum Gasteiger partial charge on any atom is -0.506 e. The fourth-order valence-electron chi connectivity index (χ4n) is 5.71. The van der Waals surface area contributed by atoms with Gasteiger partial charge in [-0.3, -0.25) is 4.79 Å². The lowest BCUT2D eigenvalue weighted by Crippen LogP contribution is -2.43. The van der Waals surface area contributed by atoms with E-state index >= 15 is 0 Å². The number of hydrogen-bond acceptors (Lipinski definition) is 6. The molecule has 0 bridgehead atoms. The van der Waals surface area contributed by atoms with Gasteiger partial charge in [0.1, 0.15) is 5.76 Å². The summed E-state index contributed by atoms with van der Waals surface area (Å²) in [6.45, 7) is 13.5. The van der Waals surface area contributed by atoms with Crippen LogP contribution in [0.4, 0.5) is 0 Å². The highest BCUT2D eigenvalue weighted by Crippen LogP contribution is 2.44. The summed E-state index contributed by atoms with van der Waals surface area (Å²) in [5, 5.41) is 11.4. The Hall–Kier alpha value is -2.12. The van der Waals surface area contributed by atoms with Gasteiger partial charge in [0.25, 0.3) is 0 Å². The topological polar surface area (TPSA) is 43.8 Å². The molecule has 1 saturated heterocycles. The van der Waals surface area contributed by atoms with Crippen molar-refractivity contribution in [3.8, 4) is 11.1 Å². The summed E-state index contributed by atoms with van der Waals surface area (Å²) in [6.07, 6.45) is 8.45. The van der Waals surface area contributed by atoms with Crippen LogP contribution in [0.1, 0.15) is 62.4 Å². The van der Waals surface area contributed by atoms with E-state index in [1.54, 1.807) is 24.1 Å². The van der Waals surface area contributed by atoms with E-state index in [1.807, 2.05) is 18.7 Å². The van der Waals surface area contributed by atoms with E-state index in [-0.39, 0.29) is 11.5 Å². The van der Waals surface area contributed by atoms with Crippen LogP contribution in [0.3, 0.4) is 0 Å². The molecule has 39 heavy (non-hydrogen) atoms. The Labute approximate surface area is 246 Å². The number of carbonyl (C=O) groups is 1. The lowest BCUT2D eigenvalue weighted by Gasteiger charge is -2.36. The first-order valence-corrected chi connectivity index (χ1v) is 15.8. The Morgan fingerprint density at radius 1 is 1.00 bits per heavy atom. The number of aliphatic hydroxyl groups excluding tert-OH is 1. The van der Waals surface area contributed by atoms with Crippen LogP contribution in [0, 0.1) is 5.41 Å². The largest absolute Gasteiger partial charge is 0.506 e. The summed E-state index contributed by atoms with van der Waals surface area (Å²) < 4.78 is 2.30. The fourth-order valence-corrected chi connectivity index (χ4v) is 8.06.